The van der Waals surface area contributed by atoms with Gasteiger partial charge in [-0.05, 0) is 37.5 Å². The Labute approximate surface area is 301 Å². The minimum atomic E-state index is -0.114. The Morgan fingerprint density at radius 3 is 0.771 bits per heavy atom. The number of rotatable bonds is 39. The van der Waals surface area contributed by atoms with Gasteiger partial charge < -0.3 is 9.47 Å². The molecule has 0 aromatic rings. The summed E-state index contributed by atoms with van der Waals surface area (Å²) in [7, 11) is 0. The van der Waals surface area contributed by atoms with Gasteiger partial charge in [0.15, 0.2) is 0 Å². The summed E-state index contributed by atoms with van der Waals surface area (Å²) in [5.41, 5.74) is 0. The van der Waals surface area contributed by atoms with Crippen LogP contribution in [0.25, 0.3) is 0 Å². The molecule has 0 N–H and O–H groups in total. The zero-order chi connectivity index (χ0) is 35.2. The van der Waals surface area contributed by atoms with E-state index < -0.39 is 0 Å². The van der Waals surface area contributed by atoms with Crippen LogP contribution in [0.3, 0.4) is 0 Å². The second-order valence-electron chi connectivity index (χ2n) is 15.2. The lowest BCUT2D eigenvalue weighted by atomic mass is 9.91. The first-order valence-corrected chi connectivity index (χ1v) is 21.9. The molecular weight excluding hydrogens is 592 g/mol. The molecule has 0 aliphatic rings. The Morgan fingerprint density at radius 1 is 0.333 bits per heavy atom. The minimum Gasteiger partial charge on any atom is -0.462 e. The molecule has 2 unspecified atom stereocenters. The van der Waals surface area contributed by atoms with E-state index in [9.17, 15) is 9.59 Å². The average molecular weight is 679 g/mol. The van der Waals surface area contributed by atoms with Crippen LogP contribution in [0.5, 0.6) is 0 Å². The quantitative estimate of drug-likeness (QED) is 0.0479. The Balaban J connectivity index is 4.48. The summed E-state index contributed by atoms with van der Waals surface area (Å²) in [5, 5.41) is 0. The van der Waals surface area contributed by atoms with Crippen molar-refractivity contribution in [2.24, 2.45) is 11.8 Å². The maximum absolute atomic E-state index is 12.8. The lowest BCUT2D eigenvalue weighted by Gasteiger charge is -2.17. The number of ether oxygens (including phenoxy) is 2. The van der Waals surface area contributed by atoms with E-state index in [1.54, 1.807) is 0 Å². The van der Waals surface area contributed by atoms with Crippen molar-refractivity contribution < 1.29 is 19.1 Å². The van der Waals surface area contributed by atoms with Gasteiger partial charge in [-0.15, -0.1) is 0 Å². The van der Waals surface area contributed by atoms with Crippen LogP contribution in [-0.4, -0.2) is 25.2 Å². The van der Waals surface area contributed by atoms with Gasteiger partial charge in [-0.25, -0.2) is 0 Å². The largest absolute Gasteiger partial charge is 0.462 e. The fourth-order valence-corrected chi connectivity index (χ4v) is 7.16. The van der Waals surface area contributed by atoms with Crippen LogP contribution in [-0.2, 0) is 19.1 Å². The first-order valence-electron chi connectivity index (χ1n) is 21.9. The molecule has 0 aliphatic carbocycles. The summed E-state index contributed by atoms with van der Waals surface area (Å²) in [6.07, 6.45) is 42.2. The van der Waals surface area contributed by atoms with Gasteiger partial charge >= 0.3 is 11.9 Å². The molecule has 48 heavy (non-hydrogen) atoms. The van der Waals surface area contributed by atoms with E-state index in [2.05, 4.69) is 27.7 Å². The smallest absolute Gasteiger partial charge is 0.306 e. The van der Waals surface area contributed by atoms with Crippen LogP contribution in [0.4, 0.5) is 0 Å². The summed E-state index contributed by atoms with van der Waals surface area (Å²) in [6.45, 7) is 9.44. The molecule has 0 aromatic carbocycles. The lowest BCUT2D eigenvalue weighted by Crippen LogP contribution is -2.18. The van der Waals surface area contributed by atoms with Crippen molar-refractivity contribution in [1.29, 1.82) is 0 Å². The Hall–Kier alpha value is -1.06. The highest BCUT2D eigenvalue weighted by Crippen LogP contribution is 2.24. The SMILES string of the molecule is CCCCCCCCCCC(CCCCCCCC)CC(=O)OCCOC(=O)CC(CCCCCCCC)CCCCCCCCCC. The normalized spacial score (nSPS) is 12.7. The molecular formula is C44H86O4. The van der Waals surface area contributed by atoms with E-state index >= 15 is 0 Å². The molecule has 0 saturated carbocycles. The van der Waals surface area contributed by atoms with Crippen LogP contribution in [0.15, 0.2) is 0 Å². The summed E-state index contributed by atoms with van der Waals surface area (Å²) in [5.74, 6) is 0.616. The number of hydrogen-bond acceptors (Lipinski definition) is 4. The van der Waals surface area contributed by atoms with E-state index in [4.69, 9.17) is 9.47 Å². The van der Waals surface area contributed by atoms with Crippen molar-refractivity contribution in [3.05, 3.63) is 0 Å². The maximum atomic E-state index is 12.8. The second kappa shape index (κ2) is 38.7. The third-order valence-corrected chi connectivity index (χ3v) is 10.4. The second-order valence-corrected chi connectivity index (χ2v) is 15.2. The summed E-state index contributed by atoms with van der Waals surface area (Å²) in [4.78, 5) is 25.6. The molecule has 0 fully saturated rings. The molecule has 0 spiro atoms. The van der Waals surface area contributed by atoms with Gasteiger partial charge in [0.05, 0.1) is 0 Å². The van der Waals surface area contributed by atoms with Gasteiger partial charge in [0, 0.05) is 12.8 Å². The highest BCUT2D eigenvalue weighted by atomic mass is 16.6. The Bertz CT molecular complexity index is 606. The molecule has 4 heteroatoms. The van der Waals surface area contributed by atoms with E-state index in [1.807, 2.05) is 0 Å². The highest BCUT2D eigenvalue weighted by Gasteiger charge is 2.17. The van der Waals surface area contributed by atoms with Crippen LogP contribution < -0.4 is 0 Å². The summed E-state index contributed by atoms with van der Waals surface area (Å²) >= 11 is 0. The monoisotopic (exact) mass is 679 g/mol. The lowest BCUT2D eigenvalue weighted by molar-refractivity contribution is -0.153. The van der Waals surface area contributed by atoms with Crippen molar-refractivity contribution in [3.8, 4) is 0 Å². The molecule has 0 aromatic heterocycles. The molecule has 0 heterocycles. The van der Waals surface area contributed by atoms with E-state index in [1.165, 1.54) is 180 Å². The van der Waals surface area contributed by atoms with Crippen LogP contribution in [0.2, 0.25) is 0 Å². The zero-order valence-electron chi connectivity index (χ0n) is 33.2. The fourth-order valence-electron chi connectivity index (χ4n) is 7.16. The predicted molar refractivity (Wildman–Crippen MR) is 209 cm³/mol. The van der Waals surface area contributed by atoms with Crippen molar-refractivity contribution in [2.45, 2.75) is 246 Å². The molecule has 0 saturated heterocycles. The molecule has 0 bridgehead atoms. The average Bonchev–Trinajstić information content (AvgIpc) is 3.08. The van der Waals surface area contributed by atoms with Gasteiger partial charge in [0.25, 0.3) is 0 Å². The van der Waals surface area contributed by atoms with Gasteiger partial charge in [0.2, 0.25) is 0 Å². The van der Waals surface area contributed by atoms with Crippen LogP contribution in [0.1, 0.15) is 246 Å². The first kappa shape index (κ1) is 46.9. The first-order chi connectivity index (χ1) is 23.6. The molecule has 0 rings (SSSR count). The van der Waals surface area contributed by atoms with Crippen molar-refractivity contribution in [2.75, 3.05) is 13.2 Å². The number of carbonyl (C=O) groups is 2. The van der Waals surface area contributed by atoms with Gasteiger partial charge in [0.1, 0.15) is 13.2 Å². The van der Waals surface area contributed by atoms with Crippen LogP contribution >= 0.6 is 0 Å². The van der Waals surface area contributed by atoms with E-state index in [-0.39, 0.29) is 25.2 Å². The third-order valence-electron chi connectivity index (χ3n) is 10.4. The number of carbonyl (C=O) groups excluding carboxylic acids is 2. The molecule has 2 atom stereocenters. The minimum absolute atomic E-state index is 0.114. The van der Waals surface area contributed by atoms with Crippen molar-refractivity contribution >= 4 is 11.9 Å². The molecule has 0 aliphatic heterocycles. The molecule has 0 amide bonds. The maximum Gasteiger partial charge on any atom is 0.306 e. The van der Waals surface area contributed by atoms with Gasteiger partial charge in [-0.3, -0.25) is 9.59 Å². The topological polar surface area (TPSA) is 52.6 Å². The summed E-state index contributed by atoms with van der Waals surface area (Å²) in [6, 6.07) is 0. The van der Waals surface area contributed by atoms with E-state index in [0.717, 1.165) is 25.7 Å². The third kappa shape index (κ3) is 34.8. The number of unbranched alkanes of at least 4 members (excludes halogenated alkanes) is 24. The predicted octanol–water partition coefficient (Wildman–Crippen LogP) is 14.6. The molecule has 4 nitrogen and oxygen atoms in total. The standard InChI is InChI=1S/C44H86O4/c1-5-9-13-17-21-23-27-31-35-41(33-29-25-19-15-11-7-3)39-43(45)47-37-38-48-44(46)40-42(34-30-26-20-16-12-8-4)36-32-28-24-22-18-14-10-6-2/h41-42H,5-40H2,1-4H3. The van der Waals surface area contributed by atoms with Gasteiger partial charge in [-0.2, -0.15) is 0 Å². The molecule has 286 valence electrons. The van der Waals surface area contributed by atoms with Crippen LogP contribution in [0, 0.1) is 11.8 Å². The van der Waals surface area contributed by atoms with Crippen molar-refractivity contribution in [1.82, 2.24) is 0 Å². The Kier molecular flexibility index (Phi) is 37.9. The number of esters is 2. The number of hydrogen-bond donors (Lipinski definition) is 0. The Morgan fingerprint density at radius 2 is 0.542 bits per heavy atom. The van der Waals surface area contributed by atoms with Crippen molar-refractivity contribution in [3.63, 3.8) is 0 Å². The fraction of sp³-hybridized carbons (Fsp3) is 0.955. The summed E-state index contributed by atoms with van der Waals surface area (Å²) < 4.78 is 11.2. The van der Waals surface area contributed by atoms with Gasteiger partial charge in [-0.1, -0.05) is 207 Å². The zero-order valence-corrected chi connectivity index (χ0v) is 33.2. The highest BCUT2D eigenvalue weighted by molar-refractivity contribution is 5.70. The molecule has 0 radical (unpaired) electrons. The van der Waals surface area contributed by atoms with E-state index in [0.29, 0.717) is 24.7 Å².